The molecule has 0 saturated heterocycles. The van der Waals surface area contributed by atoms with Crippen LogP contribution in [-0.4, -0.2) is 9.91 Å². The second-order valence-electron chi connectivity index (χ2n) is 1.79. The summed E-state index contributed by atoms with van der Waals surface area (Å²) in [6.45, 7) is 0. The Kier molecular flexibility index (Phi) is 1.67. The molecule has 1 heterocycles. The first-order valence-electron chi connectivity index (χ1n) is 2.64. The molecule has 58 valence electrons. The van der Waals surface area contributed by atoms with Gasteiger partial charge >= 0.3 is 5.69 Å². The predicted molar refractivity (Wildman–Crippen MR) is 33.7 cm³/mol. The van der Waals surface area contributed by atoms with Gasteiger partial charge in [0.05, 0.1) is 11.1 Å². The van der Waals surface area contributed by atoms with Crippen molar-refractivity contribution in [2.75, 3.05) is 0 Å². The van der Waals surface area contributed by atoms with E-state index in [0.717, 1.165) is 6.20 Å². The van der Waals surface area contributed by atoms with Gasteiger partial charge in [0, 0.05) is 6.07 Å². The summed E-state index contributed by atoms with van der Waals surface area (Å²) in [4.78, 5) is 21.6. The molecule has 0 unspecified atom stereocenters. The maximum absolute atomic E-state index is 12.1. The SMILES string of the molecule is O=c1cc(F)[nH]cc1[N+](=O)[O-]. The quantitative estimate of drug-likeness (QED) is 0.365. The highest BCUT2D eigenvalue weighted by atomic mass is 19.1. The van der Waals surface area contributed by atoms with E-state index in [1.54, 1.807) is 0 Å². The van der Waals surface area contributed by atoms with Crippen LogP contribution >= 0.6 is 0 Å². The molecule has 11 heavy (non-hydrogen) atoms. The molecular weight excluding hydrogens is 155 g/mol. The molecule has 1 aromatic heterocycles. The summed E-state index contributed by atoms with van der Waals surface area (Å²) in [5, 5.41) is 10.00. The Hall–Kier alpha value is -1.72. The molecule has 0 atom stereocenters. The van der Waals surface area contributed by atoms with Gasteiger partial charge in [-0.15, -0.1) is 0 Å². The molecule has 0 spiro atoms. The van der Waals surface area contributed by atoms with Gasteiger partial charge < -0.3 is 4.98 Å². The fraction of sp³-hybridized carbons (Fsp3) is 0. The lowest BCUT2D eigenvalue weighted by Crippen LogP contribution is -2.08. The first-order valence-corrected chi connectivity index (χ1v) is 2.64. The van der Waals surface area contributed by atoms with Gasteiger partial charge in [0.15, 0.2) is 5.95 Å². The zero-order valence-electron chi connectivity index (χ0n) is 5.20. The van der Waals surface area contributed by atoms with Crippen LogP contribution in [0.3, 0.4) is 0 Å². The predicted octanol–water partition coefficient (Wildman–Crippen LogP) is 0.422. The molecule has 0 saturated carbocycles. The van der Waals surface area contributed by atoms with Crippen molar-refractivity contribution in [3.05, 3.63) is 38.5 Å². The summed E-state index contributed by atoms with van der Waals surface area (Å²) in [6.07, 6.45) is 0.720. The summed E-state index contributed by atoms with van der Waals surface area (Å²) in [7, 11) is 0. The number of pyridine rings is 1. The van der Waals surface area contributed by atoms with Crippen molar-refractivity contribution in [2.45, 2.75) is 0 Å². The van der Waals surface area contributed by atoms with Crippen LogP contribution in [-0.2, 0) is 0 Å². The number of H-pyrrole nitrogens is 1. The molecule has 0 amide bonds. The van der Waals surface area contributed by atoms with E-state index in [1.807, 2.05) is 4.98 Å². The molecule has 0 aliphatic rings. The zero-order valence-corrected chi connectivity index (χ0v) is 5.20. The first-order chi connectivity index (χ1) is 5.11. The van der Waals surface area contributed by atoms with E-state index < -0.39 is 22.0 Å². The molecule has 0 aromatic carbocycles. The lowest BCUT2D eigenvalue weighted by Gasteiger charge is -1.88. The van der Waals surface area contributed by atoms with Crippen molar-refractivity contribution in [1.82, 2.24) is 4.98 Å². The second-order valence-corrected chi connectivity index (χ2v) is 1.79. The topological polar surface area (TPSA) is 76.0 Å². The van der Waals surface area contributed by atoms with Gasteiger partial charge in [-0.25, -0.2) is 0 Å². The van der Waals surface area contributed by atoms with Gasteiger partial charge in [0.2, 0.25) is 0 Å². The monoisotopic (exact) mass is 158 g/mol. The van der Waals surface area contributed by atoms with Gasteiger partial charge in [-0.1, -0.05) is 0 Å². The number of nitrogens with one attached hydrogen (secondary N) is 1. The number of halogens is 1. The molecule has 0 radical (unpaired) electrons. The van der Waals surface area contributed by atoms with Gasteiger partial charge in [-0.3, -0.25) is 14.9 Å². The van der Waals surface area contributed by atoms with Gasteiger partial charge in [0.1, 0.15) is 0 Å². The number of nitro groups is 1. The number of aromatic nitrogens is 1. The van der Waals surface area contributed by atoms with Crippen molar-refractivity contribution in [3.63, 3.8) is 0 Å². The van der Waals surface area contributed by atoms with Crippen LogP contribution < -0.4 is 5.43 Å². The Morgan fingerprint density at radius 3 is 2.73 bits per heavy atom. The molecule has 0 fully saturated rings. The summed E-state index contributed by atoms with van der Waals surface area (Å²) >= 11 is 0. The van der Waals surface area contributed by atoms with E-state index in [-0.39, 0.29) is 0 Å². The van der Waals surface area contributed by atoms with E-state index in [1.165, 1.54) is 0 Å². The standard InChI is InChI=1S/C5H3FN2O3/c6-5-1-4(9)3(2-7-5)8(10)11/h1-2H,(H,7,9). The highest BCUT2D eigenvalue weighted by molar-refractivity contribution is 5.24. The second kappa shape index (κ2) is 2.49. The Balaban J connectivity index is 3.32. The van der Waals surface area contributed by atoms with E-state index >= 15 is 0 Å². The van der Waals surface area contributed by atoms with Crippen LogP contribution in [0.1, 0.15) is 0 Å². The van der Waals surface area contributed by atoms with E-state index in [4.69, 9.17) is 0 Å². The molecule has 1 aromatic rings. The molecule has 1 rings (SSSR count). The van der Waals surface area contributed by atoms with Crippen LogP contribution in [0.15, 0.2) is 17.1 Å². The third kappa shape index (κ3) is 1.40. The molecular formula is C5H3FN2O3. The van der Waals surface area contributed by atoms with Crippen LogP contribution in [0.2, 0.25) is 0 Å². The Morgan fingerprint density at radius 1 is 1.64 bits per heavy atom. The minimum atomic E-state index is -0.939. The van der Waals surface area contributed by atoms with Crippen LogP contribution in [0.5, 0.6) is 0 Å². The molecule has 0 aliphatic carbocycles. The highest BCUT2D eigenvalue weighted by Crippen LogP contribution is 1.99. The van der Waals surface area contributed by atoms with Gasteiger partial charge in [0.25, 0.3) is 5.43 Å². The Bertz CT molecular complexity index is 346. The fourth-order valence-electron chi connectivity index (χ4n) is 0.582. The number of hydrogen-bond donors (Lipinski definition) is 1. The summed E-state index contributed by atoms with van der Waals surface area (Å²) in [5.74, 6) is -0.888. The maximum atomic E-state index is 12.1. The lowest BCUT2D eigenvalue weighted by molar-refractivity contribution is -0.386. The average Bonchev–Trinajstić information content (AvgIpc) is 1.85. The summed E-state index contributed by atoms with van der Waals surface area (Å²) in [6, 6.07) is 0.526. The van der Waals surface area contributed by atoms with Gasteiger partial charge in [-0.2, -0.15) is 4.39 Å². The largest absolute Gasteiger partial charge is 0.332 e. The van der Waals surface area contributed by atoms with Crippen molar-refractivity contribution in [2.24, 2.45) is 0 Å². The van der Waals surface area contributed by atoms with E-state index in [0.29, 0.717) is 6.07 Å². The normalized spacial score (nSPS) is 9.55. The third-order valence-electron chi connectivity index (χ3n) is 1.05. The van der Waals surface area contributed by atoms with Crippen molar-refractivity contribution < 1.29 is 9.31 Å². The lowest BCUT2D eigenvalue weighted by atomic mass is 10.4. The van der Waals surface area contributed by atoms with Crippen LogP contribution in [0.25, 0.3) is 0 Å². The minimum absolute atomic E-state index is 0.526. The number of rotatable bonds is 1. The minimum Gasteiger partial charge on any atom is -0.332 e. The van der Waals surface area contributed by atoms with E-state index in [2.05, 4.69) is 0 Å². The number of nitrogens with zero attached hydrogens (tertiary/aromatic N) is 1. The first kappa shape index (κ1) is 7.39. The van der Waals surface area contributed by atoms with E-state index in [9.17, 15) is 19.3 Å². The maximum Gasteiger partial charge on any atom is 0.332 e. The van der Waals surface area contributed by atoms with Crippen LogP contribution in [0.4, 0.5) is 10.1 Å². The highest BCUT2D eigenvalue weighted by Gasteiger charge is 2.10. The average molecular weight is 158 g/mol. The van der Waals surface area contributed by atoms with Crippen molar-refractivity contribution in [3.8, 4) is 0 Å². The van der Waals surface area contributed by atoms with Crippen molar-refractivity contribution in [1.29, 1.82) is 0 Å². The molecule has 0 bridgehead atoms. The number of aromatic amines is 1. The zero-order chi connectivity index (χ0) is 8.43. The number of hydrogen-bond acceptors (Lipinski definition) is 3. The summed E-state index contributed by atoms with van der Waals surface area (Å²) in [5.41, 5.74) is -1.60. The molecule has 5 nitrogen and oxygen atoms in total. The van der Waals surface area contributed by atoms with Crippen LogP contribution in [0, 0.1) is 16.1 Å². The smallest absolute Gasteiger partial charge is 0.332 e. The molecule has 6 heteroatoms. The Morgan fingerprint density at radius 2 is 2.27 bits per heavy atom. The third-order valence-corrected chi connectivity index (χ3v) is 1.05. The molecule has 0 aliphatic heterocycles. The fourth-order valence-corrected chi connectivity index (χ4v) is 0.582. The molecule has 1 N–H and O–H groups in total. The van der Waals surface area contributed by atoms with Gasteiger partial charge in [-0.05, 0) is 0 Å². The Labute approximate surface area is 59.6 Å². The summed E-state index contributed by atoms with van der Waals surface area (Å²) < 4.78 is 12.1. The van der Waals surface area contributed by atoms with Crippen molar-refractivity contribution >= 4 is 5.69 Å².